The van der Waals surface area contributed by atoms with Crippen LogP contribution in [0.15, 0.2) is 53.7 Å². The first-order chi connectivity index (χ1) is 12.1. The minimum atomic E-state index is 0.0247. The molecule has 0 radical (unpaired) electrons. The van der Waals surface area contributed by atoms with Crippen LogP contribution in [0, 0.1) is 0 Å². The van der Waals surface area contributed by atoms with Crippen LogP contribution >= 0.6 is 35.0 Å². The third-order valence-electron chi connectivity index (χ3n) is 3.61. The summed E-state index contributed by atoms with van der Waals surface area (Å²) in [5.41, 5.74) is 1.53. The molecule has 0 saturated heterocycles. The van der Waals surface area contributed by atoms with Gasteiger partial charge in [-0.1, -0.05) is 47.1 Å². The predicted octanol–water partition coefficient (Wildman–Crippen LogP) is 5.25. The van der Waals surface area contributed by atoms with Gasteiger partial charge in [0.2, 0.25) is 0 Å². The Labute approximate surface area is 160 Å². The average molecular weight is 392 g/mol. The number of carbonyl (C=O) groups is 1. The summed E-state index contributed by atoms with van der Waals surface area (Å²) in [7, 11) is 0. The van der Waals surface area contributed by atoms with Crippen molar-refractivity contribution in [3.63, 3.8) is 0 Å². The molecule has 0 atom stereocenters. The second-order valence-corrected chi connectivity index (χ2v) is 7.09. The van der Waals surface area contributed by atoms with Gasteiger partial charge in [0, 0.05) is 27.7 Å². The van der Waals surface area contributed by atoms with Gasteiger partial charge in [0.05, 0.1) is 5.75 Å². The summed E-state index contributed by atoms with van der Waals surface area (Å²) in [5.74, 6) is 1.05. The number of nitrogens with zero attached hydrogens (tertiary/aromatic N) is 3. The van der Waals surface area contributed by atoms with E-state index in [1.165, 1.54) is 11.8 Å². The minimum absolute atomic E-state index is 0.0247. The standard InChI is InChI=1S/C18H15Cl2N3OS/c1-2-23-17(13-4-3-5-15(20)10-13)21-22-18(23)25-11-16(24)12-6-8-14(19)9-7-12/h3-10H,2,11H2,1H3. The molecule has 0 unspecified atom stereocenters. The van der Waals surface area contributed by atoms with Crippen molar-refractivity contribution in [2.24, 2.45) is 0 Å². The maximum Gasteiger partial charge on any atom is 0.191 e. The fraction of sp³-hybridized carbons (Fsp3) is 0.167. The van der Waals surface area contributed by atoms with Gasteiger partial charge in [-0.3, -0.25) is 4.79 Å². The molecule has 3 rings (SSSR count). The first kappa shape index (κ1) is 18.0. The van der Waals surface area contributed by atoms with Crippen molar-refractivity contribution in [3.05, 3.63) is 64.1 Å². The van der Waals surface area contributed by atoms with Crippen LogP contribution < -0.4 is 0 Å². The molecule has 0 bridgehead atoms. The summed E-state index contributed by atoms with van der Waals surface area (Å²) in [5, 5.41) is 10.5. The molecule has 2 aromatic carbocycles. The van der Waals surface area contributed by atoms with Crippen LogP contribution in [-0.4, -0.2) is 26.3 Å². The molecule has 0 amide bonds. The average Bonchev–Trinajstić information content (AvgIpc) is 3.03. The maximum atomic E-state index is 12.3. The lowest BCUT2D eigenvalue weighted by molar-refractivity contribution is 0.102. The van der Waals surface area contributed by atoms with Gasteiger partial charge < -0.3 is 4.57 Å². The molecule has 0 spiro atoms. The van der Waals surface area contributed by atoms with E-state index in [-0.39, 0.29) is 11.5 Å². The molecule has 25 heavy (non-hydrogen) atoms. The summed E-state index contributed by atoms with van der Waals surface area (Å²) in [6.45, 7) is 2.72. The van der Waals surface area contributed by atoms with Gasteiger partial charge >= 0.3 is 0 Å². The van der Waals surface area contributed by atoms with E-state index in [0.717, 1.165) is 11.4 Å². The molecule has 0 fully saturated rings. The highest BCUT2D eigenvalue weighted by Gasteiger charge is 2.15. The van der Waals surface area contributed by atoms with Gasteiger partial charge in [-0.2, -0.15) is 0 Å². The van der Waals surface area contributed by atoms with E-state index in [0.29, 0.717) is 27.3 Å². The molecule has 128 valence electrons. The van der Waals surface area contributed by atoms with E-state index in [9.17, 15) is 4.79 Å². The number of carbonyl (C=O) groups excluding carboxylic acids is 1. The Morgan fingerprint density at radius 2 is 1.84 bits per heavy atom. The zero-order valence-corrected chi connectivity index (χ0v) is 15.8. The van der Waals surface area contributed by atoms with Gasteiger partial charge in [-0.05, 0) is 43.3 Å². The van der Waals surface area contributed by atoms with Gasteiger partial charge in [0.1, 0.15) is 0 Å². The van der Waals surface area contributed by atoms with Gasteiger partial charge in [0.25, 0.3) is 0 Å². The van der Waals surface area contributed by atoms with Crippen LogP contribution in [0.25, 0.3) is 11.4 Å². The molecule has 0 aliphatic rings. The zero-order chi connectivity index (χ0) is 17.8. The van der Waals surface area contributed by atoms with Crippen molar-refractivity contribution in [2.75, 3.05) is 5.75 Å². The van der Waals surface area contributed by atoms with Crippen LogP contribution in [0.2, 0.25) is 10.0 Å². The molecule has 1 aromatic heterocycles. The fourth-order valence-electron chi connectivity index (χ4n) is 2.37. The van der Waals surface area contributed by atoms with Crippen molar-refractivity contribution >= 4 is 40.7 Å². The van der Waals surface area contributed by atoms with E-state index in [1.54, 1.807) is 24.3 Å². The van der Waals surface area contributed by atoms with Crippen molar-refractivity contribution in [1.29, 1.82) is 0 Å². The minimum Gasteiger partial charge on any atom is -0.302 e. The number of halogens is 2. The first-order valence-electron chi connectivity index (χ1n) is 7.69. The molecule has 0 aliphatic carbocycles. The fourth-order valence-corrected chi connectivity index (χ4v) is 3.58. The monoisotopic (exact) mass is 391 g/mol. The highest BCUT2D eigenvalue weighted by molar-refractivity contribution is 7.99. The van der Waals surface area contributed by atoms with E-state index in [4.69, 9.17) is 23.2 Å². The first-order valence-corrected chi connectivity index (χ1v) is 9.43. The quantitative estimate of drug-likeness (QED) is 0.425. The highest BCUT2D eigenvalue weighted by atomic mass is 35.5. The summed E-state index contributed by atoms with van der Waals surface area (Å²) in [4.78, 5) is 12.3. The largest absolute Gasteiger partial charge is 0.302 e. The smallest absolute Gasteiger partial charge is 0.191 e. The van der Waals surface area contributed by atoms with E-state index < -0.39 is 0 Å². The molecular weight excluding hydrogens is 377 g/mol. The molecule has 3 aromatic rings. The Hall–Kier alpha value is -1.82. The third-order valence-corrected chi connectivity index (χ3v) is 5.07. The van der Waals surface area contributed by atoms with E-state index in [2.05, 4.69) is 10.2 Å². The number of Topliss-reactive ketones (excluding diaryl/α,β-unsaturated/α-hetero) is 1. The van der Waals surface area contributed by atoms with Crippen molar-refractivity contribution in [1.82, 2.24) is 14.8 Å². The Bertz CT molecular complexity index is 894. The lowest BCUT2D eigenvalue weighted by Crippen LogP contribution is -2.05. The molecule has 1 heterocycles. The van der Waals surface area contributed by atoms with Crippen LogP contribution in [0.4, 0.5) is 0 Å². The SMILES string of the molecule is CCn1c(SCC(=O)c2ccc(Cl)cc2)nnc1-c1cccc(Cl)c1. The van der Waals surface area contributed by atoms with E-state index >= 15 is 0 Å². The van der Waals surface area contributed by atoms with Gasteiger partial charge in [0.15, 0.2) is 16.8 Å². The number of hydrogen-bond donors (Lipinski definition) is 0. The van der Waals surface area contributed by atoms with Crippen LogP contribution in [-0.2, 0) is 6.54 Å². The Kier molecular flexibility index (Phi) is 5.78. The summed E-state index contributed by atoms with van der Waals surface area (Å²) >= 11 is 13.3. The summed E-state index contributed by atoms with van der Waals surface area (Å²) in [6, 6.07) is 14.4. The molecule has 4 nitrogen and oxygen atoms in total. The van der Waals surface area contributed by atoms with Crippen molar-refractivity contribution in [2.45, 2.75) is 18.6 Å². The molecular formula is C18H15Cl2N3OS. The second-order valence-electron chi connectivity index (χ2n) is 5.28. The number of aromatic nitrogens is 3. The normalized spacial score (nSPS) is 10.8. The summed E-state index contributed by atoms with van der Waals surface area (Å²) < 4.78 is 1.98. The van der Waals surface area contributed by atoms with Crippen LogP contribution in [0.5, 0.6) is 0 Å². The van der Waals surface area contributed by atoms with Crippen molar-refractivity contribution < 1.29 is 4.79 Å². The van der Waals surface area contributed by atoms with Gasteiger partial charge in [-0.25, -0.2) is 0 Å². The lowest BCUT2D eigenvalue weighted by atomic mass is 10.1. The van der Waals surface area contributed by atoms with E-state index in [1.807, 2.05) is 35.8 Å². The Balaban J connectivity index is 1.77. The second kappa shape index (κ2) is 8.04. The highest BCUT2D eigenvalue weighted by Crippen LogP contribution is 2.26. The molecule has 7 heteroatoms. The number of thioether (sulfide) groups is 1. The maximum absolute atomic E-state index is 12.3. The molecule has 0 aliphatic heterocycles. The molecule has 0 saturated carbocycles. The topological polar surface area (TPSA) is 47.8 Å². The number of hydrogen-bond acceptors (Lipinski definition) is 4. The van der Waals surface area contributed by atoms with Crippen LogP contribution in [0.3, 0.4) is 0 Å². The van der Waals surface area contributed by atoms with Crippen molar-refractivity contribution in [3.8, 4) is 11.4 Å². The third kappa shape index (κ3) is 4.24. The Morgan fingerprint density at radius 1 is 1.08 bits per heavy atom. The van der Waals surface area contributed by atoms with Crippen LogP contribution in [0.1, 0.15) is 17.3 Å². The number of benzene rings is 2. The van der Waals surface area contributed by atoms with Gasteiger partial charge in [-0.15, -0.1) is 10.2 Å². The summed E-state index contributed by atoms with van der Waals surface area (Å²) in [6.07, 6.45) is 0. The lowest BCUT2D eigenvalue weighted by Gasteiger charge is -2.07. The number of ketones is 1. The number of rotatable bonds is 6. The molecule has 0 N–H and O–H groups in total. The zero-order valence-electron chi connectivity index (χ0n) is 13.4. The Morgan fingerprint density at radius 3 is 2.52 bits per heavy atom. The predicted molar refractivity (Wildman–Crippen MR) is 103 cm³/mol.